The standard InChI is InChI=1S/C29H38N2O8SSi/c1-28(2,3)37-27(33)31-21-12-11-18(39-41(9,10)29(4,5)6)13-17(21)14-22(31)19-15-23(36-7)25(38-40(8,34)35)20-16-30-26(32)24(19)20/h11-15H,16H2,1-10H3,(H,30,32). The van der Waals surface area contributed by atoms with Gasteiger partial charge in [0.25, 0.3) is 5.91 Å². The normalized spacial score (nSPS) is 14.0. The number of amides is 1. The van der Waals surface area contributed by atoms with Crippen molar-refractivity contribution in [2.45, 2.75) is 71.8 Å². The van der Waals surface area contributed by atoms with Crippen molar-refractivity contribution in [3.05, 3.63) is 41.5 Å². The lowest BCUT2D eigenvalue weighted by Crippen LogP contribution is -2.43. The van der Waals surface area contributed by atoms with E-state index in [1.54, 1.807) is 32.9 Å². The van der Waals surface area contributed by atoms with E-state index in [0.717, 1.165) is 6.26 Å². The minimum absolute atomic E-state index is 0.0180. The van der Waals surface area contributed by atoms with Crippen molar-refractivity contribution in [2.75, 3.05) is 13.4 Å². The highest BCUT2D eigenvalue weighted by Gasteiger charge is 2.39. The molecule has 0 saturated heterocycles. The molecule has 4 rings (SSSR count). The smallest absolute Gasteiger partial charge is 0.419 e. The van der Waals surface area contributed by atoms with Crippen LogP contribution in [0.25, 0.3) is 22.2 Å². The number of carbonyl (C=O) groups excluding carboxylic acids is 2. The fourth-order valence-corrected chi connectivity index (χ4v) is 5.89. The summed E-state index contributed by atoms with van der Waals surface area (Å²) in [4.78, 5) is 26.8. The number of nitrogens with one attached hydrogen (secondary N) is 1. The molecule has 3 aromatic rings. The Balaban J connectivity index is 2.00. The van der Waals surface area contributed by atoms with Crippen molar-refractivity contribution in [1.82, 2.24) is 9.88 Å². The fourth-order valence-electron chi connectivity index (χ4n) is 4.38. The van der Waals surface area contributed by atoms with Crippen LogP contribution in [0.3, 0.4) is 0 Å². The summed E-state index contributed by atoms with van der Waals surface area (Å²) in [5.41, 5.74) is 1.00. The van der Waals surface area contributed by atoms with E-state index in [0.29, 0.717) is 33.5 Å². The zero-order valence-corrected chi connectivity index (χ0v) is 27.0. The quantitative estimate of drug-likeness (QED) is 0.267. The molecule has 1 aliphatic rings. The monoisotopic (exact) mass is 602 g/mol. The average Bonchev–Trinajstić information content (AvgIpc) is 3.37. The van der Waals surface area contributed by atoms with Gasteiger partial charge in [-0.05, 0) is 69.2 Å². The first-order valence-corrected chi connectivity index (χ1v) is 17.9. The van der Waals surface area contributed by atoms with Gasteiger partial charge in [-0.15, -0.1) is 0 Å². The second kappa shape index (κ2) is 10.1. The third-order valence-corrected chi connectivity index (χ3v) is 12.1. The number of hydrogen-bond donors (Lipinski definition) is 1. The zero-order valence-electron chi connectivity index (χ0n) is 25.2. The number of fused-ring (bicyclic) bond motifs is 2. The molecule has 1 aliphatic heterocycles. The summed E-state index contributed by atoms with van der Waals surface area (Å²) < 4.78 is 48.5. The molecular weight excluding hydrogens is 564 g/mol. The minimum atomic E-state index is -3.93. The molecule has 1 amide bonds. The topological polar surface area (TPSA) is 122 Å². The molecule has 0 radical (unpaired) electrons. The number of carbonyl (C=O) groups is 2. The summed E-state index contributed by atoms with van der Waals surface area (Å²) in [5.74, 6) is 0.272. The lowest BCUT2D eigenvalue weighted by atomic mass is 9.98. The van der Waals surface area contributed by atoms with Gasteiger partial charge in [-0.3, -0.25) is 4.79 Å². The molecule has 0 spiro atoms. The molecule has 0 bridgehead atoms. The lowest BCUT2D eigenvalue weighted by Gasteiger charge is -2.36. The van der Waals surface area contributed by atoms with Crippen LogP contribution in [0, 0.1) is 0 Å². The van der Waals surface area contributed by atoms with Gasteiger partial charge in [0.2, 0.25) is 8.32 Å². The molecule has 0 fully saturated rings. The highest BCUT2D eigenvalue weighted by molar-refractivity contribution is 7.86. The average molecular weight is 603 g/mol. The van der Waals surface area contributed by atoms with Crippen LogP contribution in [0.1, 0.15) is 57.5 Å². The fraction of sp³-hybridized carbons (Fsp3) is 0.448. The highest BCUT2D eigenvalue weighted by atomic mass is 32.2. The van der Waals surface area contributed by atoms with E-state index in [9.17, 15) is 18.0 Å². The van der Waals surface area contributed by atoms with Crippen molar-refractivity contribution in [2.24, 2.45) is 0 Å². The molecule has 2 aromatic carbocycles. The number of benzene rings is 2. The molecule has 1 N–H and O–H groups in total. The summed E-state index contributed by atoms with van der Waals surface area (Å²) in [6.45, 7) is 16.1. The summed E-state index contributed by atoms with van der Waals surface area (Å²) >= 11 is 0. The Morgan fingerprint density at radius 1 is 1.05 bits per heavy atom. The molecule has 222 valence electrons. The lowest BCUT2D eigenvalue weighted by molar-refractivity contribution is 0.0546. The van der Waals surface area contributed by atoms with Crippen molar-refractivity contribution in [3.63, 3.8) is 0 Å². The van der Waals surface area contributed by atoms with Gasteiger partial charge in [0.1, 0.15) is 11.4 Å². The number of rotatable bonds is 6. The van der Waals surface area contributed by atoms with E-state index < -0.39 is 36.0 Å². The van der Waals surface area contributed by atoms with Crippen molar-refractivity contribution >= 4 is 41.3 Å². The molecule has 0 unspecified atom stereocenters. The van der Waals surface area contributed by atoms with E-state index in [1.165, 1.54) is 17.7 Å². The van der Waals surface area contributed by atoms with Gasteiger partial charge in [-0.1, -0.05) is 20.8 Å². The largest absolute Gasteiger partial charge is 0.543 e. The van der Waals surface area contributed by atoms with E-state index in [-0.39, 0.29) is 28.6 Å². The van der Waals surface area contributed by atoms with Gasteiger partial charge in [-0.2, -0.15) is 8.42 Å². The Labute approximate surface area is 242 Å². The highest BCUT2D eigenvalue weighted by Crippen LogP contribution is 2.45. The molecule has 41 heavy (non-hydrogen) atoms. The molecule has 12 heteroatoms. The third kappa shape index (κ3) is 6.08. The van der Waals surface area contributed by atoms with E-state index in [4.69, 9.17) is 18.1 Å². The van der Waals surface area contributed by atoms with Gasteiger partial charge in [0.15, 0.2) is 11.5 Å². The van der Waals surface area contributed by atoms with Crippen LogP contribution in [0.2, 0.25) is 18.1 Å². The SMILES string of the molecule is COc1cc(-c2cc3cc(O[Si](C)(C)C(C)(C)C)ccc3n2C(=O)OC(C)(C)C)c2c(c1OS(C)(=O)=O)CNC2=O. The number of aromatic nitrogens is 1. The van der Waals surface area contributed by atoms with E-state index in [2.05, 4.69) is 39.2 Å². The van der Waals surface area contributed by atoms with Crippen LogP contribution >= 0.6 is 0 Å². The van der Waals surface area contributed by atoms with Crippen LogP contribution in [-0.4, -0.2) is 52.3 Å². The molecule has 10 nitrogen and oxygen atoms in total. The van der Waals surface area contributed by atoms with Crippen LogP contribution < -0.4 is 18.7 Å². The number of hydrogen-bond acceptors (Lipinski definition) is 8. The van der Waals surface area contributed by atoms with Crippen LogP contribution in [-0.2, 0) is 21.4 Å². The number of ether oxygens (including phenoxy) is 2. The third-order valence-electron chi connectivity index (χ3n) is 7.26. The van der Waals surface area contributed by atoms with E-state index in [1.807, 2.05) is 12.1 Å². The Kier molecular flexibility index (Phi) is 7.49. The first-order chi connectivity index (χ1) is 18.7. The first kappa shape index (κ1) is 30.4. The Morgan fingerprint density at radius 3 is 2.27 bits per heavy atom. The predicted molar refractivity (Wildman–Crippen MR) is 160 cm³/mol. The number of nitrogens with zero attached hydrogens (tertiary/aromatic N) is 1. The van der Waals surface area contributed by atoms with Crippen molar-refractivity contribution < 1.29 is 36.1 Å². The second-order valence-corrected chi connectivity index (χ2v) is 19.0. The summed E-state index contributed by atoms with van der Waals surface area (Å²) in [5, 5.41) is 3.41. The van der Waals surface area contributed by atoms with Crippen molar-refractivity contribution in [1.29, 1.82) is 0 Å². The van der Waals surface area contributed by atoms with Gasteiger partial charge < -0.3 is 23.4 Å². The van der Waals surface area contributed by atoms with E-state index >= 15 is 0 Å². The van der Waals surface area contributed by atoms with Gasteiger partial charge >= 0.3 is 16.2 Å². The van der Waals surface area contributed by atoms with Gasteiger partial charge in [-0.25, -0.2) is 9.36 Å². The molecular formula is C29H38N2O8SSi. The summed E-state index contributed by atoms with van der Waals surface area (Å²) in [6.07, 6.45) is 0.281. The maximum atomic E-state index is 13.6. The Hall–Kier alpha value is -3.51. The molecule has 0 saturated carbocycles. The van der Waals surface area contributed by atoms with Gasteiger partial charge in [0, 0.05) is 23.1 Å². The Bertz CT molecular complexity index is 1660. The molecule has 1 aromatic heterocycles. The summed E-state index contributed by atoms with van der Waals surface area (Å²) in [6, 6.07) is 8.79. The number of methoxy groups -OCH3 is 1. The van der Waals surface area contributed by atoms with Crippen LogP contribution in [0.15, 0.2) is 30.3 Å². The zero-order chi connectivity index (χ0) is 30.7. The van der Waals surface area contributed by atoms with Crippen LogP contribution in [0.4, 0.5) is 4.79 Å². The maximum absolute atomic E-state index is 13.6. The van der Waals surface area contributed by atoms with Gasteiger partial charge in [0.05, 0.1) is 30.1 Å². The molecule has 0 aliphatic carbocycles. The second-order valence-electron chi connectivity index (χ2n) is 12.7. The maximum Gasteiger partial charge on any atom is 0.419 e. The summed E-state index contributed by atoms with van der Waals surface area (Å²) in [7, 11) is -4.70. The Morgan fingerprint density at radius 2 is 1.71 bits per heavy atom. The first-order valence-electron chi connectivity index (χ1n) is 13.2. The molecule has 0 atom stereocenters. The predicted octanol–water partition coefficient (Wildman–Crippen LogP) is 6.07. The minimum Gasteiger partial charge on any atom is -0.543 e. The van der Waals surface area contributed by atoms with Crippen molar-refractivity contribution in [3.8, 4) is 28.5 Å². The molecule has 2 heterocycles. The van der Waals surface area contributed by atoms with Crippen LogP contribution in [0.5, 0.6) is 17.2 Å².